The average Bonchev–Trinajstić information content (AvgIpc) is 2.43. The van der Waals surface area contributed by atoms with Crippen molar-refractivity contribution in [3.8, 4) is 11.1 Å². The van der Waals surface area contributed by atoms with Gasteiger partial charge in [-0.05, 0) is 29.7 Å². The van der Waals surface area contributed by atoms with Crippen LogP contribution in [0.1, 0.15) is 5.56 Å². The van der Waals surface area contributed by atoms with E-state index in [9.17, 15) is 0 Å². The molecule has 1 aliphatic heterocycles. The zero-order chi connectivity index (χ0) is 12.5. The number of benzene rings is 1. The molecule has 0 radical (unpaired) electrons. The van der Waals surface area contributed by atoms with E-state index in [1.54, 1.807) is 0 Å². The first-order valence-corrected chi connectivity index (χ1v) is 6.24. The van der Waals surface area contributed by atoms with Gasteiger partial charge in [0.05, 0.1) is 5.69 Å². The third-order valence-corrected chi connectivity index (χ3v) is 3.65. The molecule has 0 atom stereocenters. The van der Waals surface area contributed by atoms with Crippen molar-refractivity contribution in [3.05, 3.63) is 48.3 Å². The van der Waals surface area contributed by atoms with Crippen LogP contribution < -0.4 is 5.01 Å². The van der Waals surface area contributed by atoms with Crippen LogP contribution in [-0.2, 0) is 6.42 Å². The van der Waals surface area contributed by atoms with Crippen LogP contribution in [0.5, 0.6) is 0 Å². The summed E-state index contributed by atoms with van der Waals surface area (Å²) in [7, 11) is 4.26. The van der Waals surface area contributed by atoms with Crippen molar-refractivity contribution >= 4 is 5.69 Å². The average molecular weight is 239 g/mol. The molecule has 3 heteroatoms. The van der Waals surface area contributed by atoms with Crippen LogP contribution in [0.25, 0.3) is 11.1 Å². The van der Waals surface area contributed by atoms with Gasteiger partial charge in [-0.3, -0.25) is 4.98 Å². The highest BCUT2D eigenvalue weighted by Gasteiger charge is 2.21. The number of pyridine rings is 1. The van der Waals surface area contributed by atoms with Gasteiger partial charge in [-0.1, -0.05) is 18.2 Å². The largest absolute Gasteiger partial charge is 0.308 e. The summed E-state index contributed by atoms with van der Waals surface area (Å²) in [4.78, 5) is 4.09. The predicted octanol–water partition coefficient (Wildman–Crippen LogP) is 2.59. The number of fused-ring (bicyclic) bond motifs is 1. The first-order valence-electron chi connectivity index (χ1n) is 6.24. The maximum Gasteiger partial charge on any atom is 0.0629 e. The molecule has 0 bridgehead atoms. The van der Waals surface area contributed by atoms with E-state index >= 15 is 0 Å². The van der Waals surface area contributed by atoms with Crippen molar-refractivity contribution in [1.82, 2.24) is 9.99 Å². The molecule has 0 fully saturated rings. The lowest BCUT2D eigenvalue weighted by Gasteiger charge is -2.37. The molecule has 0 saturated heterocycles. The van der Waals surface area contributed by atoms with E-state index in [4.69, 9.17) is 0 Å². The van der Waals surface area contributed by atoms with Crippen molar-refractivity contribution in [2.24, 2.45) is 0 Å². The summed E-state index contributed by atoms with van der Waals surface area (Å²) in [5, 5.41) is 4.50. The van der Waals surface area contributed by atoms with Crippen molar-refractivity contribution in [2.75, 3.05) is 25.6 Å². The Kier molecular flexibility index (Phi) is 2.76. The topological polar surface area (TPSA) is 19.4 Å². The van der Waals surface area contributed by atoms with Crippen LogP contribution in [0.4, 0.5) is 5.69 Å². The molecule has 0 aliphatic carbocycles. The maximum atomic E-state index is 4.09. The lowest BCUT2D eigenvalue weighted by Crippen LogP contribution is -2.42. The Balaban J connectivity index is 2.17. The fourth-order valence-corrected chi connectivity index (χ4v) is 2.54. The highest BCUT2D eigenvalue weighted by Crippen LogP contribution is 2.36. The molecule has 3 rings (SSSR count). The second-order valence-electron chi connectivity index (χ2n) is 4.70. The molecule has 0 amide bonds. The van der Waals surface area contributed by atoms with Crippen LogP contribution in [0, 0.1) is 0 Å². The van der Waals surface area contributed by atoms with Crippen molar-refractivity contribution in [1.29, 1.82) is 0 Å². The third-order valence-electron chi connectivity index (χ3n) is 3.65. The van der Waals surface area contributed by atoms with Gasteiger partial charge in [-0.25, -0.2) is 5.01 Å². The van der Waals surface area contributed by atoms with Crippen molar-refractivity contribution in [3.63, 3.8) is 0 Å². The fourth-order valence-electron chi connectivity index (χ4n) is 2.54. The van der Waals surface area contributed by atoms with E-state index in [0.717, 1.165) is 13.0 Å². The van der Waals surface area contributed by atoms with Crippen LogP contribution in [0.3, 0.4) is 0 Å². The highest BCUT2D eigenvalue weighted by atomic mass is 15.6. The lowest BCUT2D eigenvalue weighted by atomic mass is 9.97. The Hall–Kier alpha value is -1.87. The molecule has 0 N–H and O–H groups in total. The van der Waals surface area contributed by atoms with E-state index in [0.29, 0.717) is 0 Å². The summed E-state index contributed by atoms with van der Waals surface area (Å²) in [6.45, 7) is 1.07. The van der Waals surface area contributed by atoms with E-state index in [1.807, 2.05) is 12.4 Å². The molecule has 2 heterocycles. The molecule has 92 valence electrons. The summed E-state index contributed by atoms with van der Waals surface area (Å²) in [5.41, 5.74) is 5.25. The normalized spacial score (nSPS) is 15.6. The minimum absolute atomic E-state index is 1.07. The molecule has 1 aromatic heterocycles. The second kappa shape index (κ2) is 4.42. The highest BCUT2D eigenvalue weighted by molar-refractivity contribution is 5.80. The molecule has 2 aromatic rings. The van der Waals surface area contributed by atoms with Crippen LogP contribution >= 0.6 is 0 Å². The third kappa shape index (κ3) is 1.77. The van der Waals surface area contributed by atoms with Gasteiger partial charge in [0, 0.05) is 38.6 Å². The Bertz CT molecular complexity index is 551. The summed E-state index contributed by atoms with van der Waals surface area (Å²) in [6.07, 6.45) is 4.80. The molecule has 0 spiro atoms. The number of anilines is 1. The van der Waals surface area contributed by atoms with Gasteiger partial charge in [-0.15, -0.1) is 0 Å². The summed E-state index contributed by atoms with van der Waals surface area (Å²) in [5.74, 6) is 0. The van der Waals surface area contributed by atoms with Crippen molar-refractivity contribution in [2.45, 2.75) is 6.42 Å². The fraction of sp³-hybridized carbons (Fsp3) is 0.267. The molecule has 1 aliphatic rings. The van der Waals surface area contributed by atoms with Crippen LogP contribution in [-0.4, -0.2) is 30.6 Å². The number of nitrogens with zero attached hydrogens (tertiary/aromatic N) is 3. The molecule has 18 heavy (non-hydrogen) atoms. The Morgan fingerprint density at radius 3 is 2.61 bits per heavy atom. The summed E-state index contributed by atoms with van der Waals surface area (Å²) in [6, 6.07) is 10.7. The van der Waals surface area contributed by atoms with Gasteiger partial charge >= 0.3 is 0 Å². The minimum atomic E-state index is 1.07. The standard InChI is InChI=1S/C15H17N3/c1-17-11-8-13-4-3-5-14(15(13)18(17)2)12-6-9-16-10-7-12/h3-7,9-10H,8,11H2,1-2H3. The zero-order valence-electron chi connectivity index (χ0n) is 10.8. The van der Waals surface area contributed by atoms with Gasteiger partial charge in [0.25, 0.3) is 0 Å². The molecule has 3 nitrogen and oxygen atoms in total. The number of para-hydroxylation sites is 1. The molecule has 0 unspecified atom stereocenters. The Labute approximate surface area is 108 Å². The Morgan fingerprint density at radius 2 is 1.83 bits per heavy atom. The van der Waals surface area contributed by atoms with E-state index in [-0.39, 0.29) is 0 Å². The minimum Gasteiger partial charge on any atom is -0.308 e. The van der Waals surface area contributed by atoms with Gasteiger partial charge in [0.1, 0.15) is 0 Å². The summed E-state index contributed by atoms with van der Waals surface area (Å²) < 4.78 is 0. The van der Waals surface area contributed by atoms with Crippen molar-refractivity contribution < 1.29 is 0 Å². The SMILES string of the molecule is CN1CCc2cccc(-c3ccncc3)c2N1C. The van der Waals surface area contributed by atoms with Gasteiger partial charge < -0.3 is 5.01 Å². The number of hydrogen-bond donors (Lipinski definition) is 0. The quantitative estimate of drug-likeness (QED) is 0.762. The number of aromatic nitrogens is 1. The van der Waals surface area contributed by atoms with E-state index in [2.05, 4.69) is 59.4 Å². The monoisotopic (exact) mass is 239 g/mol. The number of rotatable bonds is 1. The number of hydrogen-bond acceptors (Lipinski definition) is 3. The predicted molar refractivity (Wildman–Crippen MR) is 74.4 cm³/mol. The smallest absolute Gasteiger partial charge is 0.0629 e. The Morgan fingerprint density at radius 1 is 1.06 bits per heavy atom. The first kappa shape index (κ1) is 11.2. The van der Waals surface area contributed by atoms with Gasteiger partial charge in [0.2, 0.25) is 0 Å². The maximum absolute atomic E-state index is 4.09. The number of hydrazine groups is 1. The second-order valence-corrected chi connectivity index (χ2v) is 4.70. The first-order chi connectivity index (χ1) is 8.77. The molecule has 0 saturated carbocycles. The van der Waals surface area contributed by atoms with E-state index < -0.39 is 0 Å². The lowest BCUT2D eigenvalue weighted by molar-refractivity contribution is 0.314. The zero-order valence-corrected chi connectivity index (χ0v) is 10.8. The van der Waals surface area contributed by atoms with Crippen LogP contribution in [0.15, 0.2) is 42.7 Å². The molecular weight excluding hydrogens is 222 g/mol. The van der Waals surface area contributed by atoms with Gasteiger partial charge in [0.15, 0.2) is 0 Å². The molecule has 1 aromatic carbocycles. The van der Waals surface area contributed by atoms with Gasteiger partial charge in [-0.2, -0.15) is 0 Å². The number of likely N-dealkylation sites (N-methyl/N-ethyl adjacent to an activating group) is 1. The van der Waals surface area contributed by atoms with Crippen LogP contribution in [0.2, 0.25) is 0 Å². The van der Waals surface area contributed by atoms with E-state index in [1.165, 1.54) is 22.4 Å². The molecular formula is C15H17N3. The summed E-state index contributed by atoms with van der Waals surface area (Å²) >= 11 is 0.